The Hall–Kier alpha value is -3.10. The molecule has 2 aromatic carbocycles. The molecule has 1 aliphatic rings. The Balaban J connectivity index is 1.62. The summed E-state index contributed by atoms with van der Waals surface area (Å²) >= 11 is 1.43. The largest absolute Gasteiger partial charge is 0.335 e. The number of halogens is 1. The Morgan fingerprint density at radius 2 is 1.84 bits per heavy atom. The average Bonchev–Trinajstić information content (AvgIpc) is 3.40. The van der Waals surface area contributed by atoms with Gasteiger partial charge in [0.2, 0.25) is 0 Å². The third-order valence-electron chi connectivity index (χ3n) is 5.73. The van der Waals surface area contributed by atoms with Crippen molar-refractivity contribution in [3.8, 4) is 21.1 Å². The number of rotatable bonds is 3. The number of benzene rings is 2. The molecule has 0 radical (unpaired) electrons. The number of amides is 1. The van der Waals surface area contributed by atoms with Crippen LogP contribution in [0, 0.1) is 12.7 Å². The molecule has 5 rings (SSSR count). The fraction of sp³-hybridized carbons (Fsp3) is 0.261. The van der Waals surface area contributed by atoms with Gasteiger partial charge in [0.05, 0.1) is 10.4 Å². The molecule has 0 bridgehead atoms. The molecule has 1 N–H and O–H groups in total. The Bertz CT molecular complexity index is 1250. The summed E-state index contributed by atoms with van der Waals surface area (Å²) in [7, 11) is 2.05. The van der Waals surface area contributed by atoms with Crippen LogP contribution in [0.15, 0.2) is 42.5 Å². The Labute approximate surface area is 183 Å². The minimum Gasteiger partial charge on any atom is -0.335 e. The van der Waals surface area contributed by atoms with Gasteiger partial charge in [-0.15, -0.1) is 11.3 Å². The fourth-order valence-electron chi connectivity index (χ4n) is 3.87. The second kappa shape index (κ2) is 7.86. The number of para-hydroxylation sites is 1. The van der Waals surface area contributed by atoms with Gasteiger partial charge < -0.3 is 9.80 Å². The van der Waals surface area contributed by atoms with Crippen molar-refractivity contribution in [3.63, 3.8) is 0 Å². The molecule has 0 spiro atoms. The van der Waals surface area contributed by atoms with Crippen LogP contribution < -0.4 is 0 Å². The molecular formula is C23H22FN5OS. The zero-order chi connectivity index (χ0) is 21.5. The van der Waals surface area contributed by atoms with Crippen molar-refractivity contribution in [1.29, 1.82) is 0 Å². The number of fused-ring (bicyclic) bond motifs is 1. The number of carbonyl (C=O) groups excluding carboxylic acids is 1. The van der Waals surface area contributed by atoms with Crippen LogP contribution in [0.5, 0.6) is 0 Å². The lowest BCUT2D eigenvalue weighted by atomic mass is 10.1. The molecule has 4 aromatic rings. The molecule has 8 heteroatoms. The van der Waals surface area contributed by atoms with Gasteiger partial charge in [-0.3, -0.25) is 9.89 Å². The maximum atomic E-state index is 13.5. The SMILES string of the molecule is Cc1cccc2c(-c3nc(C(=O)N4CCN(C)CC4)c(-c4ccc(F)cc4)s3)[nH]nc12. The van der Waals surface area contributed by atoms with Crippen LogP contribution in [0.3, 0.4) is 0 Å². The molecule has 158 valence electrons. The van der Waals surface area contributed by atoms with Crippen molar-refractivity contribution in [3.05, 3.63) is 59.5 Å². The maximum absolute atomic E-state index is 13.5. The molecule has 1 saturated heterocycles. The van der Waals surface area contributed by atoms with Crippen LogP contribution in [0.4, 0.5) is 4.39 Å². The summed E-state index contributed by atoms with van der Waals surface area (Å²) < 4.78 is 13.5. The number of hydrogen-bond acceptors (Lipinski definition) is 5. The van der Waals surface area contributed by atoms with Gasteiger partial charge in [0, 0.05) is 31.6 Å². The normalized spacial score (nSPS) is 15.0. The molecule has 1 amide bonds. The molecule has 31 heavy (non-hydrogen) atoms. The van der Waals surface area contributed by atoms with E-state index in [0.717, 1.165) is 45.7 Å². The highest BCUT2D eigenvalue weighted by Gasteiger charge is 2.27. The van der Waals surface area contributed by atoms with Crippen LogP contribution in [0.2, 0.25) is 0 Å². The average molecular weight is 436 g/mol. The second-order valence-electron chi connectivity index (χ2n) is 7.87. The molecule has 1 aliphatic heterocycles. The molecule has 0 aliphatic carbocycles. The maximum Gasteiger partial charge on any atom is 0.274 e. The van der Waals surface area contributed by atoms with E-state index in [1.807, 2.05) is 30.0 Å². The third-order valence-corrected chi connectivity index (χ3v) is 6.85. The number of nitrogens with zero attached hydrogens (tertiary/aromatic N) is 4. The number of aromatic amines is 1. The van der Waals surface area contributed by atoms with Gasteiger partial charge in [-0.2, -0.15) is 5.10 Å². The van der Waals surface area contributed by atoms with E-state index in [2.05, 4.69) is 22.1 Å². The molecule has 1 fully saturated rings. The van der Waals surface area contributed by atoms with Crippen LogP contribution in [0.1, 0.15) is 16.1 Å². The number of likely N-dealkylation sites (N-methyl/N-ethyl adjacent to an activating group) is 1. The van der Waals surface area contributed by atoms with Gasteiger partial charge in [-0.1, -0.05) is 30.3 Å². The first-order valence-corrected chi connectivity index (χ1v) is 11.0. The first-order valence-electron chi connectivity index (χ1n) is 10.2. The van der Waals surface area contributed by atoms with Crippen molar-refractivity contribution in [2.75, 3.05) is 33.2 Å². The van der Waals surface area contributed by atoms with Gasteiger partial charge in [0.1, 0.15) is 22.2 Å². The Morgan fingerprint density at radius 3 is 2.58 bits per heavy atom. The predicted octanol–water partition coefficient (Wildman–Crippen LogP) is 4.19. The minimum atomic E-state index is -0.310. The molecule has 0 saturated carbocycles. The van der Waals surface area contributed by atoms with Crippen molar-refractivity contribution in [2.45, 2.75) is 6.92 Å². The van der Waals surface area contributed by atoms with Gasteiger partial charge in [-0.25, -0.2) is 9.37 Å². The zero-order valence-electron chi connectivity index (χ0n) is 17.4. The first kappa shape index (κ1) is 19.8. The smallest absolute Gasteiger partial charge is 0.274 e. The van der Waals surface area contributed by atoms with Crippen molar-refractivity contribution < 1.29 is 9.18 Å². The Morgan fingerprint density at radius 1 is 1.10 bits per heavy atom. The number of nitrogens with one attached hydrogen (secondary N) is 1. The van der Waals surface area contributed by atoms with E-state index in [1.54, 1.807) is 12.1 Å². The lowest BCUT2D eigenvalue weighted by Gasteiger charge is -2.32. The standard InChI is InChI=1S/C23H22FN5OS/c1-14-4-3-5-17-18(14)26-27-19(17)22-25-20(23(30)29-12-10-28(2)11-13-29)21(31-22)15-6-8-16(24)9-7-15/h3-9H,10-13H2,1-2H3,(H,26,27). The van der Waals surface area contributed by atoms with E-state index in [-0.39, 0.29) is 11.7 Å². The molecule has 0 unspecified atom stereocenters. The number of aryl methyl sites for hydroxylation is 1. The van der Waals surface area contributed by atoms with E-state index < -0.39 is 0 Å². The highest BCUT2D eigenvalue weighted by Crippen LogP contribution is 2.38. The second-order valence-corrected chi connectivity index (χ2v) is 8.87. The highest BCUT2D eigenvalue weighted by atomic mass is 32.1. The number of aromatic nitrogens is 3. The summed E-state index contributed by atoms with van der Waals surface area (Å²) in [6, 6.07) is 12.2. The van der Waals surface area contributed by atoms with E-state index in [4.69, 9.17) is 4.98 Å². The topological polar surface area (TPSA) is 65.1 Å². The van der Waals surface area contributed by atoms with Crippen LogP contribution in [-0.2, 0) is 0 Å². The van der Waals surface area contributed by atoms with Gasteiger partial charge in [0.15, 0.2) is 0 Å². The van der Waals surface area contributed by atoms with Crippen LogP contribution >= 0.6 is 11.3 Å². The quantitative estimate of drug-likeness (QED) is 0.524. The van der Waals surface area contributed by atoms with Crippen LogP contribution in [-0.4, -0.2) is 64.1 Å². The summed E-state index contributed by atoms with van der Waals surface area (Å²) in [5.41, 5.74) is 3.95. The number of hydrogen-bond donors (Lipinski definition) is 1. The third kappa shape index (κ3) is 3.62. The number of carbonyl (C=O) groups is 1. The molecule has 0 atom stereocenters. The fourth-order valence-corrected chi connectivity index (χ4v) is 4.94. The monoisotopic (exact) mass is 435 g/mol. The molecule has 2 aromatic heterocycles. The van der Waals surface area contributed by atoms with Gasteiger partial charge in [-0.05, 0) is 37.2 Å². The molecular weight excluding hydrogens is 413 g/mol. The highest BCUT2D eigenvalue weighted by molar-refractivity contribution is 7.18. The summed E-state index contributed by atoms with van der Waals surface area (Å²) in [6.07, 6.45) is 0. The molecule has 6 nitrogen and oxygen atoms in total. The van der Waals surface area contributed by atoms with Crippen molar-refractivity contribution in [2.24, 2.45) is 0 Å². The molecule has 3 heterocycles. The van der Waals surface area contributed by atoms with E-state index in [0.29, 0.717) is 23.8 Å². The van der Waals surface area contributed by atoms with E-state index in [9.17, 15) is 9.18 Å². The number of H-pyrrole nitrogens is 1. The van der Waals surface area contributed by atoms with Crippen molar-refractivity contribution >= 4 is 28.1 Å². The van der Waals surface area contributed by atoms with Gasteiger partial charge >= 0.3 is 0 Å². The first-order chi connectivity index (χ1) is 15.0. The van der Waals surface area contributed by atoms with Crippen molar-refractivity contribution in [1.82, 2.24) is 25.0 Å². The summed E-state index contributed by atoms with van der Waals surface area (Å²) in [5, 5.41) is 9.22. The minimum absolute atomic E-state index is 0.0880. The predicted molar refractivity (Wildman–Crippen MR) is 121 cm³/mol. The summed E-state index contributed by atoms with van der Waals surface area (Å²) in [5.74, 6) is -0.398. The van der Waals surface area contributed by atoms with E-state index in [1.165, 1.54) is 23.5 Å². The zero-order valence-corrected chi connectivity index (χ0v) is 18.2. The lowest BCUT2D eigenvalue weighted by molar-refractivity contribution is 0.0660. The lowest BCUT2D eigenvalue weighted by Crippen LogP contribution is -2.47. The van der Waals surface area contributed by atoms with E-state index >= 15 is 0 Å². The Kier molecular flexibility index (Phi) is 5.03. The van der Waals surface area contributed by atoms with Crippen LogP contribution in [0.25, 0.3) is 32.0 Å². The summed E-state index contributed by atoms with van der Waals surface area (Å²) in [6.45, 7) is 5.01. The number of piperazine rings is 1. The van der Waals surface area contributed by atoms with Gasteiger partial charge in [0.25, 0.3) is 5.91 Å². The number of thiazole rings is 1. The summed E-state index contributed by atoms with van der Waals surface area (Å²) in [4.78, 5) is 23.0.